The van der Waals surface area contributed by atoms with Crippen LogP contribution in [0, 0.1) is 5.82 Å². The van der Waals surface area contributed by atoms with Gasteiger partial charge in [-0.2, -0.15) is 0 Å². The van der Waals surface area contributed by atoms with Gasteiger partial charge in [-0.25, -0.2) is 4.39 Å². The molecule has 1 aliphatic heterocycles. The summed E-state index contributed by atoms with van der Waals surface area (Å²) in [6, 6.07) is 10.6. The predicted molar refractivity (Wildman–Crippen MR) is 134 cm³/mol. The molecule has 1 fully saturated rings. The third kappa shape index (κ3) is 6.48. The smallest absolute Gasteiger partial charge is 0.295 e. The Morgan fingerprint density at radius 2 is 1.60 bits per heavy atom. The van der Waals surface area contributed by atoms with Crippen molar-refractivity contribution in [3.63, 3.8) is 0 Å². The van der Waals surface area contributed by atoms with E-state index < -0.39 is 23.5 Å². The molecule has 35 heavy (non-hydrogen) atoms. The fraction of sp³-hybridized carbons (Fsp3) is 0.429. The molecule has 1 amide bonds. The molecule has 1 saturated heterocycles. The van der Waals surface area contributed by atoms with Crippen molar-refractivity contribution in [3.8, 4) is 5.75 Å². The van der Waals surface area contributed by atoms with Crippen LogP contribution in [-0.4, -0.2) is 57.9 Å². The lowest BCUT2D eigenvalue weighted by molar-refractivity contribution is -0.140. The predicted octanol–water partition coefficient (Wildman–Crippen LogP) is 5.25. The van der Waals surface area contributed by atoms with Crippen molar-refractivity contribution >= 4 is 17.4 Å². The van der Waals surface area contributed by atoms with E-state index in [1.807, 2.05) is 0 Å². The van der Waals surface area contributed by atoms with E-state index in [9.17, 15) is 24.2 Å². The van der Waals surface area contributed by atoms with Gasteiger partial charge in [0.25, 0.3) is 11.7 Å². The third-order valence-corrected chi connectivity index (χ3v) is 6.37. The van der Waals surface area contributed by atoms with Crippen molar-refractivity contribution in [1.29, 1.82) is 0 Å². The molecule has 0 saturated carbocycles. The number of benzene rings is 2. The zero-order chi connectivity index (χ0) is 25.4. The Morgan fingerprint density at radius 1 is 0.971 bits per heavy atom. The van der Waals surface area contributed by atoms with Gasteiger partial charge in [-0.1, -0.05) is 38.8 Å². The molecular formula is C28H35FN2O4. The zero-order valence-electron chi connectivity index (χ0n) is 20.5. The SMILES string of the molecule is CCCCN(CCCC)CCCN1C(=O)C(=O)C(=C(O)c2ccc(F)cc2)[C@@H]1c1cccc(O)c1. The molecule has 0 unspecified atom stereocenters. The lowest BCUT2D eigenvalue weighted by Crippen LogP contribution is -2.34. The van der Waals surface area contributed by atoms with Crippen LogP contribution in [0.15, 0.2) is 54.1 Å². The van der Waals surface area contributed by atoms with Gasteiger partial charge in [-0.15, -0.1) is 0 Å². The number of likely N-dealkylation sites (tertiary alicyclic amines) is 1. The number of hydrogen-bond acceptors (Lipinski definition) is 5. The Morgan fingerprint density at radius 3 is 2.20 bits per heavy atom. The minimum atomic E-state index is -0.841. The molecule has 1 aliphatic rings. The van der Waals surface area contributed by atoms with Crippen LogP contribution in [0.5, 0.6) is 5.75 Å². The standard InChI is InChI=1S/C28H35FN2O4/c1-3-5-15-30(16-6-4-2)17-8-18-31-25(21-9-7-10-23(32)19-21)24(27(34)28(31)35)26(33)20-11-13-22(29)14-12-20/h7,9-14,19,25,32-33H,3-6,8,15-18H2,1-2H3/t25-/m0/s1. The fourth-order valence-electron chi connectivity index (χ4n) is 4.48. The number of aliphatic hydroxyl groups excluding tert-OH is 1. The highest BCUT2D eigenvalue weighted by Gasteiger charge is 2.45. The highest BCUT2D eigenvalue weighted by molar-refractivity contribution is 6.46. The van der Waals surface area contributed by atoms with E-state index in [4.69, 9.17) is 0 Å². The van der Waals surface area contributed by atoms with Crippen LogP contribution in [0.25, 0.3) is 5.76 Å². The number of hydrogen-bond donors (Lipinski definition) is 2. The summed E-state index contributed by atoms with van der Waals surface area (Å²) in [5.41, 5.74) is 0.725. The van der Waals surface area contributed by atoms with Gasteiger partial charge in [0.2, 0.25) is 0 Å². The molecule has 188 valence electrons. The number of Topliss-reactive ketones (excluding diaryl/α,β-unsaturated/α-hetero) is 1. The Labute approximate surface area is 206 Å². The topological polar surface area (TPSA) is 81.1 Å². The summed E-state index contributed by atoms with van der Waals surface area (Å²) in [5, 5.41) is 21.1. The molecule has 3 rings (SSSR count). The van der Waals surface area contributed by atoms with Crippen LogP contribution in [0.1, 0.15) is 63.1 Å². The second-order valence-electron chi connectivity index (χ2n) is 9.00. The minimum Gasteiger partial charge on any atom is -0.508 e. The maximum absolute atomic E-state index is 13.4. The highest BCUT2D eigenvalue weighted by atomic mass is 19.1. The summed E-state index contributed by atoms with van der Waals surface area (Å²) in [5.74, 6) is -2.29. The van der Waals surface area contributed by atoms with E-state index in [1.165, 1.54) is 41.3 Å². The molecule has 7 heteroatoms. The van der Waals surface area contributed by atoms with Gasteiger partial charge >= 0.3 is 0 Å². The maximum Gasteiger partial charge on any atom is 0.295 e. The number of halogens is 1. The number of amides is 1. The number of phenols is 1. The number of aromatic hydroxyl groups is 1. The zero-order valence-corrected chi connectivity index (χ0v) is 20.5. The van der Waals surface area contributed by atoms with Crippen molar-refractivity contribution in [3.05, 3.63) is 71.0 Å². The van der Waals surface area contributed by atoms with E-state index >= 15 is 0 Å². The van der Waals surface area contributed by atoms with Gasteiger partial charge in [-0.05, 0) is 80.9 Å². The molecular weight excluding hydrogens is 447 g/mol. The molecule has 6 nitrogen and oxygen atoms in total. The Balaban J connectivity index is 1.91. The first-order valence-electron chi connectivity index (χ1n) is 12.4. The average molecular weight is 483 g/mol. The number of rotatable bonds is 12. The first-order valence-corrected chi connectivity index (χ1v) is 12.4. The quantitative estimate of drug-likeness (QED) is 0.246. The lowest BCUT2D eigenvalue weighted by atomic mass is 9.95. The maximum atomic E-state index is 13.4. The molecule has 0 aromatic heterocycles. The van der Waals surface area contributed by atoms with Crippen molar-refractivity contribution in [1.82, 2.24) is 9.80 Å². The van der Waals surface area contributed by atoms with Gasteiger partial charge in [0, 0.05) is 12.1 Å². The second-order valence-corrected chi connectivity index (χ2v) is 9.00. The van der Waals surface area contributed by atoms with Gasteiger partial charge < -0.3 is 20.0 Å². The Hall–Kier alpha value is -3.19. The summed E-state index contributed by atoms with van der Waals surface area (Å²) >= 11 is 0. The van der Waals surface area contributed by atoms with Crippen LogP contribution in [0.2, 0.25) is 0 Å². The van der Waals surface area contributed by atoms with E-state index in [1.54, 1.807) is 12.1 Å². The number of nitrogens with zero attached hydrogens (tertiary/aromatic N) is 2. The van der Waals surface area contributed by atoms with Crippen molar-refractivity contribution in [2.75, 3.05) is 26.2 Å². The van der Waals surface area contributed by atoms with Crippen molar-refractivity contribution in [2.45, 2.75) is 52.0 Å². The van der Waals surface area contributed by atoms with Gasteiger partial charge in [-0.3, -0.25) is 9.59 Å². The van der Waals surface area contributed by atoms with Gasteiger partial charge in [0.15, 0.2) is 0 Å². The number of ketones is 1. The largest absolute Gasteiger partial charge is 0.508 e. The molecule has 1 atom stereocenters. The molecule has 1 heterocycles. The summed E-state index contributed by atoms with van der Waals surface area (Å²) < 4.78 is 13.4. The summed E-state index contributed by atoms with van der Waals surface area (Å²) in [7, 11) is 0. The monoisotopic (exact) mass is 482 g/mol. The summed E-state index contributed by atoms with van der Waals surface area (Å²) in [6.07, 6.45) is 5.10. The molecule has 2 aromatic rings. The van der Waals surface area contributed by atoms with Crippen LogP contribution < -0.4 is 0 Å². The second kappa shape index (κ2) is 12.5. The van der Waals surface area contributed by atoms with Crippen LogP contribution in [0.4, 0.5) is 4.39 Å². The number of aliphatic hydroxyl groups is 1. The first kappa shape index (κ1) is 26.4. The van der Waals surface area contributed by atoms with Gasteiger partial charge in [0.05, 0.1) is 11.6 Å². The number of unbranched alkanes of at least 4 members (excludes halogenated alkanes) is 2. The minimum absolute atomic E-state index is 0.000163. The highest BCUT2D eigenvalue weighted by Crippen LogP contribution is 2.40. The molecule has 0 spiro atoms. The van der Waals surface area contributed by atoms with E-state index in [0.29, 0.717) is 18.5 Å². The van der Waals surface area contributed by atoms with Crippen LogP contribution in [0.3, 0.4) is 0 Å². The summed E-state index contributed by atoms with van der Waals surface area (Å²) in [4.78, 5) is 30.0. The number of phenolic OH excluding ortho intramolecular Hbond substituents is 1. The lowest BCUT2D eigenvalue weighted by Gasteiger charge is -2.27. The van der Waals surface area contributed by atoms with Crippen molar-refractivity contribution < 1.29 is 24.2 Å². The van der Waals surface area contributed by atoms with Gasteiger partial charge in [0.1, 0.15) is 17.3 Å². The van der Waals surface area contributed by atoms with E-state index in [0.717, 1.165) is 45.3 Å². The molecule has 2 N–H and O–H groups in total. The summed E-state index contributed by atoms with van der Waals surface area (Å²) in [6.45, 7) is 7.45. The normalized spacial score (nSPS) is 17.5. The Kier molecular flexibility index (Phi) is 9.43. The third-order valence-electron chi connectivity index (χ3n) is 6.37. The van der Waals surface area contributed by atoms with Crippen molar-refractivity contribution in [2.24, 2.45) is 0 Å². The number of carbonyl (C=O) groups is 2. The molecule has 0 aliphatic carbocycles. The average Bonchev–Trinajstić information content (AvgIpc) is 3.10. The first-order chi connectivity index (χ1) is 16.9. The van der Waals surface area contributed by atoms with E-state index in [2.05, 4.69) is 18.7 Å². The fourth-order valence-corrected chi connectivity index (χ4v) is 4.48. The number of carbonyl (C=O) groups excluding carboxylic acids is 2. The molecule has 2 aromatic carbocycles. The Bertz CT molecular complexity index is 1040. The molecule has 0 radical (unpaired) electrons. The molecule has 0 bridgehead atoms. The van der Waals surface area contributed by atoms with Crippen LogP contribution >= 0.6 is 0 Å². The van der Waals surface area contributed by atoms with Crippen LogP contribution in [-0.2, 0) is 9.59 Å². The van der Waals surface area contributed by atoms with E-state index in [-0.39, 0.29) is 22.6 Å².